The third kappa shape index (κ3) is 1.29. The molecule has 0 atom stereocenters. The second kappa shape index (κ2) is 3.51. The Kier molecular flexibility index (Phi) is 1.95. The number of benzene rings is 1. The van der Waals surface area contributed by atoms with E-state index in [0.29, 0.717) is 0 Å². The highest BCUT2D eigenvalue weighted by molar-refractivity contribution is 5.84. The number of nitrogens with zero attached hydrogens (tertiary/aromatic N) is 2. The number of aryl methyl sites for hydroxylation is 1. The summed E-state index contributed by atoms with van der Waals surface area (Å²) in [7, 11) is 2.18. The normalized spacial score (nSPS) is 16.6. The van der Waals surface area contributed by atoms with E-state index in [0.717, 1.165) is 13.1 Å². The van der Waals surface area contributed by atoms with Crippen molar-refractivity contribution in [3.63, 3.8) is 0 Å². The molecule has 0 amide bonds. The molecule has 2 aliphatic rings. The van der Waals surface area contributed by atoms with Crippen LogP contribution in [-0.4, -0.2) is 23.8 Å². The van der Waals surface area contributed by atoms with Crippen LogP contribution in [-0.2, 0) is 13.0 Å². The molecule has 4 nitrogen and oxygen atoms in total. The van der Waals surface area contributed by atoms with Crippen LogP contribution in [0.4, 0.5) is 11.4 Å². The zero-order valence-electron chi connectivity index (χ0n) is 10.5. The molecular formula is C14H16N4. The molecule has 4 rings (SSSR count). The minimum absolute atomic E-state index is 0.862. The molecule has 1 aromatic carbocycles. The van der Waals surface area contributed by atoms with Crippen molar-refractivity contribution in [1.82, 2.24) is 10.2 Å². The van der Waals surface area contributed by atoms with Gasteiger partial charge < -0.3 is 10.2 Å². The Hall–Kier alpha value is -1.97. The number of aromatic amines is 1. The molecular weight excluding hydrogens is 224 g/mol. The van der Waals surface area contributed by atoms with Crippen LogP contribution >= 0.6 is 0 Å². The first-order valence-corrected chi connectivity index (χ1v) is 6.47. The highest BCUT2D eigenvalue weighted by atomic mass is 15.1. The van der Waals surface area contributed by atoms with E-state index < -0.39 is 0 Å². The largest absolute Gasteiger partial charge is 0.380 e. The molecule has 18 heavy (non-hydrogen) atoms. The number of rotatable bonds is 0. The third-order valence-corrected chi connectivity index (χ3v) is 4.03. The maximum atomic E-state index is 4.15. The Morgan fingerprint density at radius 3 is 3.17 bits per heavy atom. The Morgan fingerprint density at radius 2 is 2.22 bits per heavy atom. The molecule has 1 aromatic heterocycles. The van der Waals surface area contributed by atoms with Crippen LogP contribution in [0.25, 0.3) is 11.3 Å². The molecule has 0 unspecified atom stereocenters. The highest BCUT2D eigenvalue weighted by Gasteiger charge is 2.22. The summed E-state index contributed by atoms with van der Waals surface area (Å²) in [5.74, 6) is 0. The monoisotopic (exact) mass is 240 g/mol. The molecule has 0 bridgehead atoms. The van der Waals surface area contributed by atoms with E-state index in [9.17, 15) is 0 Å². The molecule has 0 radical (unpaired) electrons. The first kappa shape index (κ1) is 10.00. The summed E-state index contributed by atoms with van der Waals surface area (Å²) in [5.41, 5.74) is 7.75. The van der Waals surface area contributed by atoms with Gasteiger partial charge in [0.1, 0.15) is 0 Å². The van der Waals surface area contributed by atoms with E-state index >= 15 is 0 Å². The van der Waals surface area contributed by atoms with Crippen LogP contribution in [0.1, 0.15) is 17.5 Å². The van der Waals surface area contributed by atoms with Crippen LogP contribution in [0.3, 0.4) is 0 Å². The predicted molar refractivity (Wildman–Crippen MR) is 72.9 cm³/mol. The molecule has 2 aliphatic heterocycles. The maximum absolute atomic E-state index is 4.15. The van der Waals surface area contributed by atoms with E-state index in [-0.39, 0.29) is 0 Å². The molecule has 0 aliphatic carbocycles. The molecule has 0 saturated heterocycles. The zero-order valence-corrected chi connectivity index (χ0v) is 10.5. The lowest BCUT2D eigenvalue weighted by Crippen LogP contribution is -2.25. The van der Waals surface area contributed by atoms with E-state index in [1.165, 1.54) is 46.6 Å². The van der Waals surface area contributed by atoms with Crippen molar-refractivity contribution in [1.29, 1.82) is 0 Å². The SMILES string of the molecule is CN1CCCc2cc3c(cc21)NCc1cn[nH]c1-3. The van der Waals surface area contributed by atoms with E-state index in [2.05, 4.69) is 39.6 Å². The first-order valence-electron chi connectivity index (χ1n) is 6.47. The van der Waals surface area contributed by atoms with E-state index in [1.54, 1.807) is 0 Å². The van der Waals surface area contributed by atoms with Gasteiger partial charge in [-0.1, -0.05) is 0 Å². The Labute approximate surface area is 106 Å². The minimum Gasteiger partial charge on any atom is -0.380 e. The average molecular weight is 240 g/mol. The lowest BCUT2D eigenvalue weighted by Gasteiger charge is -2.30. The molecule has 4 heteroatoms. The van der Waals surface area contributed by atoms with Crippen molar-refractivity contribution in [3.8, 4) is 11.3 Å². The van der Waals surface area contributed by atoms with Gasteiger partial charge in [0.25, 0.3) is 0 Å². The minimum atomic E-state index is 0.862. The first-order chi connectivity index (χ1) is 8.83. The maximum Gasteiger partial charge on any atom is 0.0720 e. The summed E-state index contributed by atoms with van der Waals surface area (Å²) < 4.78 is 0. The highest BCUT2D eigenvalue weighted by Crippen LogP contribution is 2.40. The summed E-state index contributed by atoms with van der Waals surface area (Å²) in [6, 6.07) is 4.61. The second-order valence-corrected chi connectivity index (χ2v) is 5.18. The van der Waals surface area contributed by atoms with Crippen LogP contribution in [0.2, 0.25) is 0 Å². The lowest BCUT2D eigenvalue weighted by atomic mass is 9.94. The van der Waals surface area contributed by atoms with Gasteiger partial charge in [-0.05, 0) is 30.5 Å². The molecule has 2 N–H and O–H groups in total. The van der Waals surface area contributed by atoms with Crippen LogP contribution < -0.4 is 10.2 Å². The van der Waals surface area contributed by atoms with Gasteiger partial charge in [0.15, 0.2) is 0 Å². The fraction of sp³-hybridized carbons (Fsp3) is 0.357. The van der Waals surface area contributed by atoms with Crippen molar-refractivity contribution >= 4 is 11.4 Å². The fourth-order valence-corrected chi connectivity index (χ4v) is 3.04. The Balaban J connectivity index is 1.93. The van der Waals surface area contributed by atoms with Crippen molar-refractivity contribution in [2.75, 3.05) is 23.8 Å². The van der Waals surface area contributed by atoms with Crippen LogP contribution in [0.5, 0.6) is 0 Å². The van der Waals surface area contributed by atoms with Gasteiger partial charge in [-0.3, -0.25) is 5.10 Å². The number of hydrogen-bond acceptors (Lipinski definition) is 3. The number of fused-ring (bicyclic) bond motifs is 4. The predicted octanol–water partition coefficient (Wildman–Crippen LogP) is 2.38. The van der Waals surface area contributed by atoms with Gasteiger partial charge in [0.2, 0.25) is 0 Å². The third-order valence-electron chi connectivity index (χ3n) is 4.03. The topological polar surface area (TPSA) is 44.0 Å². The molecule has 0 saturated carbocycles. The van der Waals surface area contributed by atoms with E-state index in [1.807, 2.05) is 6.20 Å². The molecule has 0 fully saturated rings. The number of anilines is 2. The molecule has 92 valence electrons. The standard InChI is InChI=1S/C14H16N4/c1-18-4-2-3-9-5-11-12(6-13(9)18)15-7-10-8-16-17-14(10)11/h5-6,8,15H,2-4,7H2,1H3,(H,16,17). The molecule has 2 aromatic rings. The fourth-order valence-electron chi connectivity index (χ4n) is 3.04. The zero-order chi connectivity index (χ0) is 12.1. The quantitative estimate of drug-likeness (QED) is 0.743. The summed E-state index contributed by atoms with van der Waals surface area (Å²) in [4.78, 5) is 2.35. The Morgan fingerprint density at radius 1 is 1.28 bits per heavy atom. The van der Waals surface area contributed by atoms with Crippen LogP contribution in [0, 0.1) is 0 Å². The van der Waals surface area contributed by atoms with Gasteiger partial charge in [0.05, 0.1) is 11.9 Å². The number of aromatic nitrogens is 2. The molecule has 0 spiro atoms. The van der Waals surface area contributed by atoms with Gasteiger partial charge in [-0.25, -0.2) is 0 Å². The summed E-state index contributed by atoms with van der Waals surface area (Å²) >= 11 is 0. The van der Waals surface area contributed by atoms with Gasteiger partial charge >= 0.3 is 0 Å². The van der Waals surface area contributed by atoms with Crippen LogP contribution in [0.15, 0.2) is 18.3 Å². The number of H-pyrrole nitrogens is 1. The lowest BCUT2D eigenvalue weighted by molar-refractivity contribution is 0.744. The smallest absolute Gasteiger partial charge is 0.0720 e. The Bertz CT molecular complexity index is 614. The van der Waals surface area contributed by atoms with Gasteiger partial charge in [-0.15, -0.1) is 0 Å². The van der Waals surface area contributed by atoms with E-state index in [4.69, 9.17) is 0 Å². The van der Waals surface area contributed by atoms with Gasteiger partial charge in [0, 0.05) is 42.6 Å². The van der Waals surface area contributed by atoms with Crippen molar-refractivity contribution in [2.45, 2.75) is 19.4 Å². The molecule has 3 heterocycles. The van der Waals surface area contributed by atoms with Crippen molar-refractivity contribution < 1.29 is 0 Å². The number of hydrogen-bond donors (Lipinski definition) is 2. The average Bonchev–Trinajstić information content (AvgIpc) is 2.86. The second-order valence-electron chi connectivity index (χ2n) is 5.18. The summed E-state index contributed by atoms with van der Waals surface area (Å²) in [5, 5.41) is 10.8. The van der Waals surface area contributed by atoms with Crippen molar-refractivity contribution in [2.24, 2.45) is 0 Å². The van der Waals surface area contributed by atoms with Crippen molar-refractivity contribution in [3.05, 3.63) is 29.5 Å². The summed E-state index contributed by atoms with van der Waals surface area (Å²) in [6.07, 6.45) is 4.33. The number of nitrogens with one attached hydrogen (secondary N) is 2. The summed E-state index contributed by atoms with van der Waals surface area (Å²) in [6.45, 7) is 2.02. The van der Waals surface area contributed by atoms with Gasteiger partial charge in [-0.2, -0.15) is 5.10 Å².